The number of aromatic nitrogens is 3. The molecule has 4 rings (SSSR count). The fourth-order valence-corrected chi connectivity index (χ4v) is 3.73. The highest BCUT2D eigenvalue weighted by Crippen LogP contribution is 2.30. The third kappa shape index (κ3) is 5.11. The van der Waals surface area contributed by atoms with Crippen LogP contribution in [-0.2, 0) is 0 Å². The molecule has 0 aliphatic carbocycles. The van der Waals surface area contributed by atoms with E-state index in [1.165, 1.54) is 5.57 Å². The number of furan rings is 1. The van der Waals surface area contributed by atoms with Crippen molar-refractivity contribution in [1.29, 1.82) is 0 Å². The molecule has 0 aromatic carbocycles. The molecule has 0 atom stereocenters. The number of halogens is 2. The lowest BCUT2D eigenvalue weighted by Gasteiger charge is -2.15. The van der Waals surface area contributed by atoms with Gasteiger partial charge in [0.2, 0.25) is 0 Å². The fourth-order valence-electron chi connectivity index (χ4n) is 3.73. The van der Waals surface area contributed by atoms with Gasteiger partial charge in [-0.25, -0.2) is 9.67 Å². The van der Waals surface area contributed by atoms with Crippen molar-refractivity contribution in [2.24, 2.45) is 0 Å². The largest absolute Gasteiger partial charge is 0.466 e. The summed E-state index contributed by atoms with van der Waals surface area (Å²) in [6.45, 7) is 10.3. The van der Waals surface area contributed by atoms with Crippen LogP contribution >= 0.6 is 24.8 Å². The van der Waals surface area contributed by atoms with Gasteiger partial charge >= 0.3 is 0 Å². The molecule has 7 nitrogen and oxygen atoms in total. The zero-order chi connectivity index (χ0) is 20.5. The topological polar surface area (TPSA) is 85.0 Å². The third-order valence-corrected chi connectivity index (χ3v) is 5.25. The Kier molecular flexibility index (Phi) is 8.28. The van der Waals surface area contributed by atoms with Crippen molar-refractivity contribution < 1.29 is 9.21 Å². The Labute approximate surface area is 194 Å². The molecule has 9 heteroatoms. The molecule has 1 amide bonds. The van der Waals surface area contributed by atoms with Crippen LogP contribution in [0.4, 0.5) is 0 Å². The molecule has 0 saturated heterocycles. The standard InChI is InChI=1S/C22H27N5O2.2ClH/c1-13(2)27-21-19(12-25-27)18(22(28)24-11-16-5-7-23-8-6-16)10-20(26-21)17-9-14(3)29-15(17)4;;/h5,9-10,12-13,23H,6-8,11H2,1-4H3,(H,24,28);2*1H. The molecular formula is C22H29Cl2N5O2. The van der Waals surface area contributed by atoms with Crippen molar-refractivity contribution in [2.75, 3.05) is 19.6 Å². The van der Waals surface area contributed by atoms with Crippen LogP contribution < -0.4 is 10.6 Å². The predicted molar refractivity (Wildman–Crippen MR) is 127 cm³/mol. The van der Waals surface area contributed by atoms with E-state index in [0.717, 1.165) is 47.7 Å². The molecule has 1 aliphatic rings. The minimum Gasteiger partial charge on any atom is -0.466 e. The molecule has 3 aromatic rings. The third-order valence-electron chi connectivity index (χ3n) is 5.25. The fraction of sp³-hybridized carbons (Fsp3) is 0.409. The molecule has 3 aromatic heterocycles. The summed E-state index contributed by atoms with van der Waals surface area (Å²) < 4.78 is 7.55. The molecule has 31 heavy (non-hydrogen) atoms. The molecule has 2 N–H and O–H groups in total. The number of carbonyl (C=O) groups excluding carboxylic acids is 1. The minimum atomic E-state index is -0.112. The van der Waals surface area contributed by atoms with Gasteiger partial charge in [0, 0.05) is 24.7 Å². The summed E-state index contributed by atoms with van der Waals surface area (Å²) in [5.74, 6) is 1.50. The van der Waals surface area contributed by atoms with E-state index in [1.807, 2.05) is 30.7 Å². The van der Waals surface area contributed by atoms with Gasteiger partial charge in [-0.05, 0) is 52.8 Å². The van der Waals surface area contributed by atoms with Gasteiger partial charge in [0.15, 0.2) is 5.65 Å². The van der Waals surface area contributed by atoms with Crippen LogP contribution in [0, 0.1) is 13.8 Å². The zero-order valence-electron chi connectivity index (χ0n) is 18.2. The highest BCUT2D eigenvalue weighted by atomic mass is 35.5. The predicted octanol–water partition coefficient (Wildman–Crippen LogP) is 4.38. The monoisotopic (exact) mass is 465 g/mol. The Balaban J connectivity index is 0.00000171. The second kappa shape index (κ2) is 10.3. The number of aryl methyl sites for hydroxylation is 2. The van der Waals surface area contributed by atoms with E-state index in [0.29, 0.717) is 17.8 Å². The summed E-state index contributed by atoms with van der Waals surface area (Å²) in [6, 6.07) is 3.94. The molecule has 0 unspecified atom stereocenters. The summed E-state index contributed by atoms with van der Waals surface area (Å²) in [5, 5.41) is 11.6. The lowest BCUT2D eigenvalue weighted by Crippen LogP contribution is -2.29. The molecule has 4 heterocycles. The Morgan fingerprint density at radius 2 is 2.06 bits per heavy atom. The zero-order valence-corrected chi connectivity index (χ0v) is 19.8. The van der Waals surface area contributed by atoms with E-state index < -0.39 is 0 Å². The van der Waals surface area contributed by atoms with Crippen LogP contribution in [0.5, 0.6) is 0 Å². The van der Waals surface area contributed by atoms with Gasteiger partial charge in [-0.2, -0.15) is 5.10 Å². The van der Waals surface area contributed by atoms with Gasteiger partial charge in [-0.15, -0.1) is 24.8 Å². The van der Waals surface area contributed by atoms with Crippen LogP contribution in [0.25, 0.3) is 22.3 Å². The van der Waals surface area contributed by atoms with Gasteiger partial charge in [0.25, 0.3) is 5.91 Å². The highest BCUT2D eigenvalue weighted by molar-refractivity contribution is 6.06. The van der Waals surface area contributed by atoms with Gasteiger partial charge in [0.05, 0.1) is 22.8 Å². The Bertz CT molecular complexity index is 1100. The summed E-state index contributed by atoms with van der Waals surface area (Å²) >= 11 is 0. The van der Waals surface area contributed by atoms with Crippen molar-refractivity contribution in [3.05, 3.63) is 47.1 Å². The quantitative estimate of drug-likeness (QED) is 0.545. The molecular weight excluding hydrogens is 437 g/mol. The van der Waals surface area contributed by atoms with Gasteiger partial charge in [0.1, 0.15) is 11.5 Å². The maximum Gasteiger partial charge on any atom is 0.252 e. The minimum absolute atomic E-state index is 0. The Hall–Kier alpha value is -2.35. The van der Waals surface area contributed by atoms with Crippen molar-refractivity contribution >= 4 is 41.8 Å². The molecule has 168 valence electrons. The van der Waals surface area contributed by atoms with Crippen LogP contribution in [0.1, 0.15) is 48.2 Å². The van der Waals surface area contributed by atoms with Crippen LogP contribution in [0.3, 0.4) is 0 Å². The average Bonchev–Trinajstić information content (AvgIpc) is 3.28. The van der Waals surface area contributed by atoms with Gasteiger partial charge < -0.3 is 15.1 Å². The number of amides is 1. The molecule has 0 radical (unpaired) electrons. The lowest BCUT2D eigenvalue weighted by atomic mass is 10.1. The van der Waals surface area contributed by atoms with E-state index in [2.05, 4.69) is 35.7 Å². The van der Waals surface area contributed by atoms with Gasteiger partial charge in [-0.1, -0.05) is 11.6 Å². The first kappa shape index (κ1) is 24.9. The number of nitrogens with one attached hydrogen (secondary N) is 2. The summed E-state index contributed by atoms with van der Waals surface area (Å²) in [7, 11) is 0. The number of hydrogen-bond acceptors (Lipinski definition) is 5. The SMILES string of the molecule is Cc1cc(-c2cc(C(=O)NCC3=CCNCC3)c3cnn(C(C)C)c3n2)c(C)o1.Cl.Cl. The number of nitrogens with zero attached hydrogens (tertiary/aromatic N) is 3. The smallest absolute Gasteiger partial charge is 0.252 e. The van der Waals surface area contributed by atoms with Crippen molar-refractivity contribution in [2.45, 2.75) is 40.2 Å². The Morgan fingerprint density at radius 3 is 2.68 bits per heavy atom. The number of fused-ring (bicyclic) bond motifs is 1. The van der Waals surface area contributed by atoms with E-state index in [-0.39, 0.29) is 36.8 Å². The van der Waals surface area contributed by atoms with E-state index in [9.17, 15) is 4.79 Å². The van der Waals surface area contributed by atoms with E-state index in [4.69, 9.17) is 9.40 Å². The molecule has 0 spiro atoms. The number of rotatable bonds is 5. The van der Waals surface area contributed by atoms with Crippen LogP contribution in [0.15, 0.2) is 34.4 Å². The second-order valence-corrected chi connectivity index (χ2v) is 7.80. The molecule has 1 aliphatic heterocycles. The van der Waals surface area contributed by atoms with Crippen molar-refractivity contribution in [3.63, 3.8) is 0 Å². The maximum atomic E-state index is 13.1. The molecule has 0 saturated carbocycles. The molecule has 0 bridgehead atoms. The lowest BCUT2D eigenvalue weighted by molar-refractivity contribution is 0.0958. The summed E-state index contributed by atoms with van der Waals surface area (Å²) in [6.07, 6.45) is 4.83. The van der Waals surface area contributed by atoms with Crippen molar-refractivity contribution in [3.8, 4) is 11.3 Å². The number of pyridine rings is 1. The molecule has 0 fully saturated rings. The summed E-state index contributed by atoms with van der Waals surface area (Å²) in [4.78, 5) is 17.9. The Morgan fingerprint density at radius 1 is 1.29 bits per heavy atom. The summed E-state index contributed by atoms with van der Waals surface area (Å²) in [5.41, 5.74) is 4.17. The average molecular weight is 466 g/mol. The highest BCUT2D eigenvalue weighted by Gasteiger charge is 2.20. The first-order valence-corrected chi connectivity index (χ1v) is 10.1. The normalized spacial score (nSPS) is 13.5. The number of carbonyl (C=O) groups is 1. The first-order chi connectivity index (χ1) is 13.9. The van der Waals surface area contributed by atoms with E-state index >= 15 is 0 Å². The maximum absolute atomic E-state index is 13.1. The number of hydrogen-bond donors (Lipinski definition) is 2. The van der Waals surface area contributed by atoms with Crippen LogP contribution in [0.2, 0.25) is 0 Å². The first-order valence-electron chi connectivity index (χ1n) is 10.1. The second-order valence-electron chi connectivity index (χ2n) is 7.80. The van der Waals surface area contributed by atoms with Gasteiger partial charge in [-0.3, -0.25) is 4.79 Å². The van der Waals surface area contributed by atoms with Crippen LogP contribution in [-0.4, -0.2) is 40.3 Å². The van der Waals surface area contributed by atoms with E-state index in [1.54, 1.807) is 6.20 Å². The van der Waals surface area contributed by atoms with Crippen molar-refractivity contribution in [1.82, 2.24) is 25.4 Å².